The van der Waals surface area contributed by atoms with Crippen LogP contribution in [-0.4, -0.2) is 43.2 Å². The Morgan fingerprint density at radius 1 is 1.05 bits per heavy atom. The molecule has 0 amide bonds. The summed E-state index contributed by atoms with van der Waals surface area (Å²) in [7, 11) is 0. The summed E-state index contributed by atoms with van der Waals surface area (Å²) in [6, 6.07) is 6.62. The van der Waals surface area contributed by atoms with Gasteiger partial charge in [0.05, 0.1) is 0 Å². The number of benzene rings is 1. The molecule has 1 heterocycles. The molecule has 0 atom stereocenters. The Bertz CT molecular complexity index is 458. The van der Waals surface area contributed by atoms with Gasteiger partial charge in [0, 0.05) is 44.0 Å². The van der Waals surface area contributed by atoms with Gasteiger partial charge in [0.2, 0.25) is 0 Å². The van der Waals surface area contributed by atoms with E-state index in [1.165, 1.54) is 16.8 Å². The van der Waals surface area contributed by atoms with Gasteiger partial charge in [-0.15, -0.1) is 0 Å². The third-order valence-electron chi connectivity index (χ3n) is 5.24. The Balaban J connectivity index is 1.96. The summed E-state index contributed by atoms with van der Waals surface area (Å²) in [4.78, 5) is 5.06. The molecule has 0 spiro atoms. The van der Waals surface area contributed by atoms with Crippen molar-refractivity contribution in [1.29, 1.82) is 0 Å². The average molecular weight is 289 g/mol. The number of hydrogen-bond donors (Lipinski definition) is 1. The molecule has 21 heavy (non-hydrogen) atoms. The molecule has 118 valence electrons. The fourth-order valence-electron chi connectivity index (χ4n) is 3.14. The van der Waals surface area contributed by atoms with Crippen LogP contribution >= 0.6 is 0 Å². The monoisotopic (exact) mass is 289 g/mol. The zero-order valence-electron chi connectivity index (χ0n) is 14.2. The fourth-order valence-corrected chi connectivity index (χ4v) is 3.14. The van der Waals surface area contributed by atoms with E-state index in [0.717, 1.165) is 45.6 Å². The molecule has 1 saturated heterocycles. The lowest BCUT2D eigenvalue weighted by atomic mass is 9.93. The van der Waals surface area contributed by atoms with Gasteiger partial charge >= 0.3 is 0 Å². The summed E-state index contributed by atoms with van der Waals surface area (Å²) in [5, 5.41) is 0. The maximum absolute atomic E-state index is 6.46. The first-order valence-corrected chi connectivity index (χ1v) is 8.31. The van der Waals surface area contributed by atoms with Crippen LogP contribution in [0.25, 0.3) is 0 Å². The van der Waals surface area contributed by atoms with Gasteiger partial charge in [0.1, 0.15) is 0 Å². The molecule has 1 aromatic carbocycles. The lowest BCUT2D eigenvalue weighted by Crippen LogP contribution is -2.55. The highest BCUT2D eigenvalue weighted by molar-refractivity contribution is 5.56. The number of piperazine rings is 1. The predicted octanol–water partition coefficient (Wildman–Crippen LogP) is 2.94. The van der Waals surface area contributed by atoms with Crippen molar-refractivity contribution in [2.45, 2.75) is 46.1 Å². The van der Waals surface area contributed by atoms with Crippen molar-refractivity contribution in [2.24, 2.45) is 5.73 Å². The van der Waals surface area contributed by atoms with Crippen LogP contribution in [0.3, 0.4) is 0 Å². The summed E-state index contributed by atoms with van der Waals surface area (Å²) in [5.74, 6) is 0. The Morgan fingerprint density at radius 2 is 1.67 bits per heavy atom. The Hall–Kier alpha value is -1.06. The SMILES string of the molecule is CCC(N)(CC)CN1CCN(c2cccc(C)c2C)CC1. The highest BCUT2D eigenvalue weighted by Gasteiger charge is 2.26. The summed E-state index contributed by atoms with van der Waals surface area (Å²) in [5.41, 5.74) is 10.7. The number of aryl methyl sites for hydroxylation is 1. The lowest BCUT2D eigenvalue weighted by molar-refractivity contribution is 0.190. The van der Waals surface area contributed by atoms with E-state index in [1.54, 1.807) is 0 Å². The maximum atomic E-state index is 6.46. The van der Waals surface area contributed by atoms with Gasteiger partial charge in [0.25, 0.3) is 0 Å². The van der Waals surface area contributed by atoms with E-state index >= 15 is 0 Å². The highest BCUT2D eigenvalue weighted by atomic mass is 15.3. The molecule has 0 aromatic heterocycles. The first-order valence-electron chi connectivity index (χ1n) is 8.31. The van der Waals surface area contributed by atoms with Gasteiger partial charge < -0.3 is 10.6 Å². The van der Waals surface area contributed by atoms with Crippen LogP contribution in [0.1, 0.15) is 37.8 Å². The van der Waals surface area contributed by atoms with Crippen molar-refractivity contribution in [2.75, 3.05) is 37.6 Å². The zero-order chi connectivity index (χ0) is 15.5. The standard InChI is InChI=1S/C18H31N3/c1-5-18(19,6-2)14-20-10-12-21(13-11-20)17-9-7-8-15(3)16(17)4/h7-9H,5-6,10-14,19H2,1-4H3. The van der Waals surface area contributed by atoms with Gasteiger partial charge in [-0.3, -0.25) is 4.90 Å². The second kappa shape index (κ2) is 6.80. The van der Waals surface area contributed by atoms with Crippen LogP contribution in [-0.2, 0) is 0 Å². The first-order chi connectivity index (χ1) is 9.99. The molecule has 0 aliphatic carbocycles. The van der Waals surface area contributed by atoms with Crippen LogP contribution in [0.2, 0.25) is 0 Å². The molecular formula is C18H31N3. The third-order valence-corrected chi connectivity index (χ3v) is 5.24. The molecular weight excluding hydrogens is 258 g/mol. The summed E-state index contributed by atoms with van der Waals surface area (Å²) in [6.45, 7) is 14.3. The molecule has 1 fully saturated rings. The molecule has 3 heteroatoms. The Morgan fingerprint density at radius 3 is 2.24 bits per heavy atom. The first kappa shape index (κ1) is 16.3. The molecule has 1 aromatic rings. The highest BCUT2D eigenvalue weighted by Crippen LogP contribution is 2.24. The van der Waals surface area contributed by atoms with Crippen LogP contribution in [0.15, 0.2) is 18.2 Å². The molecule has 0 unspecified atom stereocenters. The number of anilines is 1. The van der Waals surface area contributed by atoms with E-state index in [9.17, 15) is 0 Å². The average Bonchev–Trinajstić information content (AvgIpc) is 2.51. The van der Waals surface area contributed by atoms with Gasteiger partial charge in [0.15, 0.2) is 0 Å². The van der Waals surface area contributed by atoms with Crippen LogP contribution < -0.4 is 10.6 Å². The van der Waals surface area contributed by atoms with Gasteiger partial charge in [-0.2, -0.15) is 0 Å². The van der Waals surface area contributed by atoms with E-state index in [2.05, 4.69) is 55.7 Å². The molecule has 0 bridgehead atoms. The van der Waals surface area contributed by atoms with E-state index < -0.39 is 0 Å². The number of nitrogens with zero attached hydrogens (tertiary/aromatic N) is 2. The zero-order valence-corrected chi connectivity index (χ0v) is 14.2. The molecule has 0 radical (unpaired) electrons. The summed E-state index contributed by atoms with van der Waals surface area (Å²) >= 11 is 0. The second-order valence-electron chi connectivity index (χ2n) is 6.55. The number of rotatable bonds is 5. The van der Waals surface area contributed by atoms with Crippen LogP contribution in [0.5, 0.6) is 0 Å². The van der Waals surface area contributed by atoms with Crippen LogP contribution in [0.4, 0.5) is 5.69 Å². The minimum absolute atomic E-state index is 0.0125. The maximum Gasteiger partial charge on any atom is 0.0399 e. The quantitative estimate of drug-likeness (QED) is 0.904. The smallest absolute Gasteiger partial charge is 0.0399 e. The van der Waals surface area contributed by atoms with Crippen molar-refractivity contribution in [3.8, 4) is 0 Å². The van der Waals surface area contributed by atoms with Crippen molar-refractivity contribution < 1.29 is 0 Å². The third kappa shape index (κ3) is 3.78. The topological polar surface area (TPSA) is 32.5 Å². The normalized spacial score (nSPS) is 17.3. The number of nitrogens with two attached hydrogens (primary N) is 1. The van der Waals surface area contributed by atoms with E-state index in [0.29, 0.717) is 0 Å². The Labute approximate surface area is 130 Å². The van der Waals surface area contributed by atoms with Gasteiger partial charge in [-0.25, -0.2) is 0 Å². The minimum atomic E-state index is -0.0125. The van der Waals surface area contributed by atoms with Crippen molar-refractivity contribution in [1.82, 2.24) is 4.90 Å². The number of hydrogen-bond acceptors (Lipinski definition) is 3. The molecule has 1 aliphatic rings. The Kier molecular flexibility index (Phi) is 5.28. The molecule has 1 aliphatic heterocycles. The van der Waals surface area contributed by atoms with Crippen molar-refractivity contribution in [3.05, 3.63) is 29.3 Å². The molecule has 3 nitrogen and oxygen atoms in total. The second-order valence-corrected chi connectivity index (χ2v) is 6.55. The van der Waals surface area contributed by atoms with Crippen molar-refractivity contribution >= 4 is 5.69 Å². The minimum Gasteiger partial charge on any atom is -0.369 e. The summed E-state index contributed by atoms with van der Waals surface area (Å²) < 4.78 is 0. The molecule has 2 N–H and O–H groups in total. The van der Waals surface area contributed by atoms with E-state index in [-0.39, 0.29) is 5.54 Å². The van der Waals surface area contributed by atoms with Gasteiger partial charge in [-0.1, -0.05) is 26.0 Å². The lowest BCUT2D eigenvalue weighted by Gasteiger charge is -2.41. The van der Waals surface area contributed by atoms with E-state index in [4.69, 9.17) is 5.73 Å². The van der Waals surface area contributed by atoms with Crippen LogP contribution in [0, 0.1) is 13.8 Å². The van der Waals surface area contributed by atoms with E-state index in [1.807, 2.05) is 0 Å². The molecule has 0 saturated carbocycles. The van der Waals surface area contributed by atoms with Crippen molar-refractivity contribution in [3.63, 3.8) is 0 Å². The fraction of sp³-hybridized carbons (Fsp3) is 0.667. The predicted molar refractivity (Wildman–Crippen MR) is 92.1 cm³/mol. The summed E-state index contributed by atoms with van der Waals surface area (Å²) in [6.07, 6.45) is 2.11. The molecule has 2 rings (SSSR count). The van der Waals surface area contributed by atoms with Gasteiger partial charge in [-0.05, 0) is 43.9 Å². The largest absolute Gasteiger partial charge is 0.369 e.